The maximum Gasteiger partial charge on any atom is 0.267 e. The highest BCUT2D eigenvalue weighted by atomic mass is 16.5. The van der Waals surface area contributed by atoms with Crippen LogP contribution in [0, 0.1) is 17.8 Å². The Labute approximate surface area is 186 Å². The number of fused-ring (bicyclic) bond motifs is 2. The number of aromatic nitrogens is 1. The molecule has 1 aromatic rings. The number of carbonyl (C=O) groups is 1. The molecule has 166 valence electrons. The van der Waals surface area contributed by atoms with Crippen molar-refractivity contribution in [1.29, 1.82) is 0 Å². The van der Waals surface area contributed by atoms with Crippen molar-refractivity contribution < 1.29 is 9.53 Å². The molecule has 3 aliphatic rings. The first-order chi connectivity index (χ1) is 15.0. The largest absolute Gasteiger partial charge is 0.373 e. The fraction of sp³-hybridized carbons (Fsp3) is 0.538. The van der Waals surface area contributed by atoms with E-state index in [1.54, 1.807) is 6.20 Å². The second kappa shape index (κ2) is 9.09. The first kappa shape index (κ1) is 22.0. The second-order valence-corrected chi connectivity index (χ2v) is 9.35. The lowest BCUT2D eigenvalue weighted by Crippen LogP contribution is -2.62. The van der Waals surface area contributed by atoms with Gasteiger partial charge in [-0.15, -0.1) is 0 Å². The van der Waals surface area contributed by atoms with Gasteiger partial charge in [-0.05, 0) is 56.2 Å². The molecule has 31 heavy (non-hydrogen) atoms. The lowest BCUT2D eigenvalue weighted by Gasteiger charge is -2.58. The summed E-state index contributed by atoms with van der Waals surface area (Å²) in [4.78, 5) is 18.6. The number of nitrogens with two attached hydrogens (primary N) is 1. The lowest BCUT2D eigenvalue weighted by atomic mass is 9.61. The number of nitrogens with zero attached hydrogens (tertiary/aromatic N) is 2. The summed E-state index contributed by atoms with van der Waals surface area (Å²) in [6, 6.07) is 4.50. The molecule has 1 aromatic heterocycles. The number of ether oxygens (including phenoxy) is 1. The standard InChI is InChI=1S/C26H35N3O2/c1-4-5-6-8-18(2)19-13-23(14-19)29-16-21-9-7-10-22(17-29)26(21,31-3)20-11-12-28-24(15-20)25(27)30/h4-6,8,11-12,15,19,21-23H,2,7,9-10,13-14,16-17H2,1,3H3,(H2,27,30)/b5-4-,8-6-. The zero-order chi connectivity index (χ0) is 22.0. The first-order valence-electron chi connectivity index (χ1n) is 11.5. The monoisotopic (exact) mass is 421 g/mol. The molecular weight excluding hydrogens is 386 g/mol. The van der Waals surface area contributed by atoms with Crippen LogP contribution in [0.5, 0.6) is 0 Å². The van der Waals surface area contributed by atoms with E-state index < -0.39 is 5.91 Å². The second-order valence-electron chi connectivity index (χ2n) is 9.35. The summed E-state index contributed by atoms with van der Waals surface area (Å²) in [7, 11) is 1.83. The van der Waals surface area contributed by atoms with Crippen LogP contribution >= 0.6 is 0 Å². The molecule has 1 amide bonds. The molecule has 3 fully saturated rings. The van der Waals surface area contributed by atoms with Gasteiger partial charge >= 0.3 is 0 Å². The van der Waals surface area contributed by atoms with Gasteiger partial charge in [0.2, 0.25) is 0 Å². The molecule has 2 saturated carbocycles. The highest BCUT2D eigenvalue weighted by Gasteiger charge is 2.54. The Morgan fingerprint density at radius 2 is 2.00 bits per heavy atom. The quantitative estimate of drug-likeness (QED) is 0.669. The molecule has 5 nitrogen and oxygen atoms in total. The van der Waals surface area contributed by atoms with Crippen LogP contribution in [0.2, 0.25) is 0 Å². The summed E-state index contributed by atoms with van der Waals surface area (Å²) in [6.45, 7) is 8.39. The molecule has 1 saturated heterocycles. The van der Waals surface area contributed by atoms with E-state index in [1.165, 1.54) is 24.8 Å². The van der Waals surface area contributed by atoms with Gasteiger partial charge in [0.1, 0.15) is 11.3 Å². The van der Waals surface area contributed by atoms with Gasteiger partial charge in [-0.3, -0.25) is 14.7 Å². The fourth-order valence-corrected chi connectivity index (χ4v) is 6.11. The SMILES string of the molecule is C=C(/C=C\C=C/C)C1CC(N2CC3CCCC(C2)C3(OC)c2ccnc(C(N)=O)c2)C1. The summed E-state index contributed by atoms with van der Waals surface area (Å²) in [5.41, 5.74) is 7.77. The van der Waals surface area contributed by atoms with E-state index in [0.717, 1.165) is 31.5 Å². The third-order valence-corrected chi connectivity index (χ3v) is 7.80. The predicted molar refractivity (Wildman–Crippen MR) is 123 cm³/mol. The zero-order valence-electron chi connectivity index (χ0n) is 18.8. The van der Waals surface area contributed by atoms with Crippen molar-refractivity contribution in [2.45, 2.75) is 50.7 Å². The summed E-state index contributed by atoms with van der Waals surface area (Å²) in [5.74, 6) is 0.925. The van der Waals surface area contributed by atoms with Gasteiger partial charge in [0, 0.05) is 44.3 Å². The van der Waals surface area contributed by atoms with Crippen molar-refractivity contribution in [3.63, 3.8) is 0 Å². The maximum atomic E-state index is 11.7. The Hall–Kier alpha value is -2.24. The molecule has 2 heterocycles. The molecule has 1 aliphatic heterocycles. The Kier molecular flexibility index (Phi) is 6.44. The van der Waals surface area contributed by atoms with Gasteiger partial charge in [0.25, 0.3) is 5.91 Å². The lowest BCUT2D eigenvalue weighted by molar-refractivity contribution is -0.179. The molecule has 2 N–H and O–H groups in total. The summed E-state index contributed by atoms with van der Waals surface area (Å²) >= 11 is 0. The number of carbonyl (C=O) groups excluding carboxylic acids is 1. The number of hydrogen-bond acceptors (Lipinski definition) is 4. The number of amides is 1. The average Bonchev–Trinajstić information content (AvgIpc) is 2.72. The van der Waals surface area contributed by atoms with Crippen LogP contribution in [0.15, 0.2) is 54.8 Å². The molecule has 5 heteroatoms. The highest BCUT2D eigenvalue weighted by molar-refractivity contribution is 5.90. The number of likely N-dealkylation sites (tertiary alicyclic amines) is 1. The summed E-state index contributed by atoms with van der Waals surface area (Å²) in [5, 5.41) is 0. The number of rotatable bonds is 7. The van der Waals surface area contributed by atoms with E-state index in [2.05, 4.69) is 34.7 Å². The van der Waals surface area contributed by atoms with Crippen molar-refractivity contribution in [2.24, 2.45) is 23.5 Å². The minimum Gasteiger partial charge on any atom is -0.373 e. The smallest absolute Gasteiger partial charge is 0.267 e. The van der Waals surface area contributed by atoms with E-state index in [-0.39, 0.29) is 5.60 Å². The van der Waals surface area contributed by atoms with Gasteiger partial charge in [0.05, 0.1) is 0 Å². The molecule has 2 bridgehead atoms. The van der Waals surface area contributed by atoms with Gasteiger partial charge in [-0.1, -0.05) is 42.9 Å². The van der Waals surface area contributed by atoms with E-state index in [9.17, 15) is 4.79 Å². The van der Waals surface area contributed by atoms with Crippen LogP contribution in [0.1, 0.15) is 55.1 Å². The number of hydrogen-bond donors (Lipinski definition) is 1. The van der Waals surface area contributed by atoms with Gasteiger partial charge in [-0.2, -0.15) is 0 Å². The predicted octanol–water partition coefficient (Wildman–Crippen LogP) is 4.22. The van der Waals surface area contributed by atoms with Crippen molar-refractivity contribution >= 4 is 5.91 Å². The van der Waals surface area contributed by atoms with Gasteiger partial charge < -0.3 is 10.5 Å². The number of primary amides is 1. The van der Waals surface area contributed by atoms with Gasteiger partial charge in [-0.25, -0.2) is 0 Å². The van der Waals surface area contributed by atoms with Crippen LogP contribution < -0.4 is 5.73 Å². The number of piperidine rings is 1. The highest BCUT2D eigenvalue weighted by Crippen LogP contribution is 2.53. The van der Waals surface area contributed by atoms with Crippen LogP contribution in [0.4, 0.5) is 0 Å². The van der Waals surface area contributed by atoms with Gasteiger partial charge in [0.15, 0.2) is 0 Å². The Morgan fingerprint density at radius 3 is 2.61 bits per heavy atom. The maximum absolute atomic E-state index is 11.7. The van der Waals surface area contributed by atoms with E-state index >= 15 is 0 Å². The van der Waals surface area contributed by atoms with Crippen molar-refractivity contribution in [2.75, 3.05) is 20.2 Å². The summed E-state index contributed by atoms with van der Waals surface area (Å²) in [6.07, 6.45) is 15.9. The van der Waals surface area contributed by atoms with Crippen LogP contribution in [-0.2, 0) is 10.3 Å². The minimum atomic E-state index is -0.486. The van der Waals surface area contributed by atoms with Crippen LogP contribution in [0.3, 0.4) is 0 Å². The molecule has 0 aromatic carbocycles. The molecule has 2 atom stereocenters. The van der Waals surface area contributed by atoms with E-state index in [1.807, 2.05) is 32.2 Å². The number of pyridine rings is 1. The first-order valence-corrected chi connectivity index (χ1v) is 11.5. The molecule has 0 spiro atoms. The molecule has 2 aliphatic carbocycles. The normalized spacial score (nSPS) is 33.5. The topological polar surface area (TPSA) is 68.4 Å². The van der Waals surface area contributed by atoms with E-state index in [0.29, 0.717) is 29.5 Å². The fourth-order valence-electron chi connectivity index (χ4n) is 6.11. The zero-order valence-corrected chi connectivity index (χ0v) is 18.8. The van der Waals surface area contributed by atoms with Crippen LogP contribution in [0.25, 0.3) is 0 Å². The molecule has 0 radical (unpaired) electrons. The molecular formula is C26H35N3O2. The minimum absolute atomic E-state index is 0.320. The summed E-state index contributed by atoms with van der Waals surface area (Å²) < 4.78 is 6.32. The number of allylic oxidation sites excluding steroid dienone is 5. The van der Waals surface area contributed by atoms with E-state index in [4.69, 9.17) is 10.5 Å². The van der Waals surface area contributed by atoms with Crippen molar-refractivity contribution in [3.05, 3.63) is 66.0 Å². The van der Waals surface area contributed by atoms with Crippen molar-refractivity contribution in [1.82, 2.24) is 9.88 Å². The Morgan fingerprint density at radius 1 is 1.29 bits per heavy atom. The number of methoxy groups -OCH3 is 1. The van der Waals surface area contributed by atoms with Crippen molar-refractivity contribution in [3.8, 4) is 0 Å². The molecule has 4 rings (SSSR count). The third kappa shape index (κ3) is 4.01. The Balaban J connectivity index is 1.49. The average molecular weight is 422 g/mol. The third-order valence-electron chi connectivity index (χ3n) is 7.80. The van der Waals surface area contributed by atoms with Crippen LogP contribution in [-0.4, -0.2) is 42.0 Å². The Bertz CT molecular complexity index is 870. The molecule has 2 unspecified atom stereocenters.